The van der Waals surface area contributed by atoms with Gasteiger partial charge in [-0.05, 0) is 44.0 Å². The van der Waals surface area contributed by atoms with Gasteiger partial charge < -0.3 is 10.3 Å². The van der Waals surface area contributed by atoms with Crippen LogP contribution < -0.4 is 5.32 Å². The molecule has 0 aliphatic carbocycles. The minimum absolute atomic E-state index is 0.766. The molecule has 0 unspecified atom stereocenters. The first-order valence-electron chi connectivity index (χ1n) is 5.92. The predicted octanol–water partition coefficient (Wildman–Crippen LogP) is 1.50. The van der Waals surface area contributed by atoms with Crippen LogP contribution in [0.5, 0.6) is 0 Å². The van der Waals surface area contributed by atoms with Gasteiger partial charge in [0.05, 0.1) is 5.52 Å². The highest BCUT2D eigenvalue weighted by molar-refractivity contribution is 5.69. The molecule has 4 heteroatoms. The summed E-state index contributed by atoms with van der Waals surface area (Å²) in [5.41, 5.74) is 1.89. The van der Waals surface area contributed by atoms with Crippen molar-refractivity contribution >= 4 is 11.2 Å². The molecule has 3 heterocycles. The molecule has 1 aliphatic heterocycles. The molecule has 0 radical (unpaired) electrons. The lowest BCUT2D eigenvalue weighted by molar-refractivity contribution is 0.368. The Kier molecular flexibility index (Phi) is 2.58. The predicted molar refractivity (Wildman–Crippen MR) is 63.2 cm³/mol. The number of rotatable bonds is 2. The van der Waals surface area contributed by atoms with Gasteiger partial charge in [0.15, 0.2) is 5.65 Å². The fraction of sp³-hybridized carbons (Fsp3) is 0.500. The zero-order chi connectivity index (χ0) is 10.8. The molecule has 0 aromatic carbocycles. The van der Waals surface area contributed by atoms with E-state index in [1.165, 1.54) is 12.8 Å². The van der Waals surface area contributed by atoms with Crippen LogP contribution in [0.25, 0.3) is 11.2 Å². The normalized spacial score (nSPS) is 18.0. The third kappa shape index (κ3) is 1.93. The summed E-state index contributed by atoms with van der Waals surface area (Å²) in [4.78, 5) is 12.1. The van der Waals surface area contributed by atoms with Crippen molar-refractivity contribution < 1.29 is 0 Å². The topological polar surface area (TPSA) is 53.6 Å². The fourth-order valence-electron chi connectivity index (χ4n) is 2.35. The van der Waals surface area contributed by atoms with Gasteiger partial charge in [-0.25, -0.2) is 9.97 Å². The van der Waals surface area contributed by atoms with Crippen molar-refractivity contribution in [3.8, 4) is 0 Å². The van der Waals surface area contributed by atoms with Gasteiger partial charge in [0.1, 0.15) is 5.82 Å². The molecular weight excluding hydrogens is 200 g/mol. The first-order valence-corrected chi connectivity index (χ1v) is 5.92. The van der Waals surface area contributed by atoms with E-state index in [1.807, 2.05) is 12.1 Å². The summed E-state index contributed by atoms with van der Waals surface area (Å²) in [6, 6.07) is 3.97. The first-order chi connectivity index (χ1) is 7.92. The van der Waals surface area contributed by atoms with Crippen LogP contribution in [0.1, 0.15) is 18.7 Å². The molecular formula is C12H16N4. The summed E-state index contributed by atoms with van der Waals surface area (Å²) in [6.45, 7) is 2.28. The highest BCUT2D eigenvalue weighted by atomic mass is 15.0. The number of nitrogens with one attached hydrogen (secondary N) is 2. The molecule has 2 N–H and O–H groups in total. The molecule has 0 bridgehead atoms. The number of H-pyrrole nitrogens is 1. The fourth-order valence-corrected chi connectivity index (χ4v) is 2.35. The summed E-state index contributed by atoms with van der Waals surface area (Å²) in [6.07, 6.45) is 5.35. The Morgan fingerprint density at radius 3 is 3.00 bits per heavy atom. The number of imidazole rings is 1. The molecule has 84 valence electrons. The monoisotopic (exact) mass is 216 g/mol. The Morgan fingerprint density at radius 1 is 1.31 bits per heavy atom. The molecule has 3 rings (SSSR count). The number of fused-ring (bicyclic) bond motifs is 1. The van der Waals surface area contributed by atoms with Crippen LogP contribution in [0.2, 0.25) is 0 Å². The van der Waals surface area contributed by atoms with Crippen LogP contribution in [0, 0.1) is 5.92 Å². The van der Waals surface area contributed by atoms with Crippen LogP contribution in [0.3, 0.4) is 0 Å². The number of hydrogen-bond donors (Lipinski definition) is 2. The standard InChI is InChI=1S/C12H16N4/c1-2-10-12(14-5-1)16-11(15-10)8-9-3-6-13-7-4-9/h1-2,5,9,13H,3-4,6-8H2,(H,14,15,16). The minimum atomic E-state index is 0.766. The van der Waals surface area contributed by atoms with Gasteiger partial charge in [0.25, 0.3) is 0 Å². The summed E-state index contributed by atoms with van der Waals surface area (Å²) in [7, 11) is 0. The highest BCUT2D eigenvalue weighted by Crippen LogP contribution is 2.17. The Labute approximate surface area is 94.5 Å². The van der Waals surface area contributed by atoms with Gasteiger partial charge in [-0.3, -0.25) is 0 Å². The van der Waals surface area contributed by atoms with Gasteiger partial charge in [0, 0.05) is 12.6 Å². The molecule has 0 saturated carbocycles. The van der Waals surface area contributed by atoms with Crippen LogP contribution in [0.15, 0.2) is 18.3 Å². The van der Waals surface area contributed by atoms with Crippen molar-refractivity contribution in [3.05, 3.63) is 24.2 Å². The van der Waals surface area contributed by atoms with E-state index in [0.717, 1.165) is 42.4 Å². The second kappa shape index (κ2) is 4.22. The van der Waals surface area contributed by atoms with Gasteiger partial charge in [0.2, 0.25) is 0 Å². The average molecular weight is 216 g/mol. The molecule has 1 fully saturated rings. The summed E-state index contributed by atoms with van der Waals surface area (Å²) in [5, 5.41) is 3.38. The largest absolute Gasteiger partial charge is 0.341 e. The van der Waals surface area contributed by atoms with E-state index >= 15 is 0 Å². The highest BCUT2D eigenvalue weighted by Gasteiger charge is 2.15. The molecule has 2 aromatic heterocycles. The van der Waals surface area contributed by atoms with Crippen molar-refractivity contribution in [2.75, 3.05) is 13.1 Å². The third-order valence-electron chi connectivity index (χ3n) is 3.25. The second-order valence-corrected chi connectivity index (χ2v) is 4.46. The molecule has 1 saturated heterocycles. The van der Waals surface area contributed by atoms with E-state index in [1.54, 1.807) is 6.20 Å². The van der Waals surface area contributed by atoms with E-state index in [0.29, 0.717) is 0 Å². The van der Waals surface area contributed by atoms with E-state index in [9.17, 15) is 0 Å². The van der Waals surface area contributed by atoms with Gasteiger partial charge >= 0.3 is 0 Å². The van der Waals surface area contributed by atoms with E-state index in [2.05, 4.69) is 20.3 Å². The first kappa shape index (κ1) is 9.78. The Bertz CT molecular complexity index is 438. The lowest BCUT2D eigenvalue weighted by Gasteiger charge is -2.21. The molecule has 1 aliphatic rings. The molecule has 0 atom stereocenters. The van der Waals surface area contributed by atoms with Crippen molar-refractivity contribution in [1.29, 1.82) is 0 Å². The maximum atomic E-state index is 4.52. The van der Waals surface area contributed by atoms with Crippen molar-refractivity contribution in [2.24, 2.45) is 5.92 Å². The molecule has 16 heavy (non-hydrogen) atoms. The maximum Gasteiger partial charge on any atom is 0.177 e. The molecule has 4 nitrogen and oxygen atoms in total. The van der Waals surface area contributed by atoms with E-state index in [4.69, 9.17) is 0 Å². The summed E-state index contributed by atoms with van der Waals surface area (Å²) >= 11 is 0. The molecule has 0 amide bonds. The Morgan fingerprint density at radius 2 is 2.19 bits per heavy atom. The lowest BCUT2D eigenvalue weighted by atomic mass is 9.94. The maximum absolute atomic E-state index is 4.52. The van der Waals surface area contributed by atoms with E-state index in [-0.39, 0.29) is 0 Å². The van der Waals surface area contributed by atoms with Gasteiger partial charge in [-0.2, -0.15) is 0 Å². The smallest absolute Gasteiger partial charge is 0.177 e. The minimum Gasteiger partial charge on any atom is -0.341 e. The number of nitrogens with zero attached hydrogens (tertiary/aromatic N) is 2. The summed E-state index contributed by atoms with van der Waals surface area (Å²) in [5.74, 6) is 1.85. The molecule has 0 spiro atoms. The van der Waals surface area contributed by atoms with Crippen LogP contribution in [-0.4, -0.2) is 28.0 Å². The van der Waals surface area contributed by atoms with Gasteiger partial charge in [-0.1, -0.05) is 0 Å². The van der Waals surface area contributed by atoms with Crippen LogP contribution in [0.4, 0.5) is 0 Å². The Hall–Kier alpha value is -1.42. The molecule has 2 aromatic rings. The third-order valence-corrected chi connectivity index (χ3v) is 3.25. The SMILES string of the molecule is c1cnc2nc(CC3CCNCC3)[nH]c2c1. The van der Waals surface area contributed by atoms with Crippen molar-refractivity contribution in [2.45, 2.75) is 19.3 Å². The van der Waals surface area contributed by atoms with Crippen LogP contribution in [-0.2, 0) is 6.42 Å². The lowest BCUT2D eigenvalue weighted by Crippen LogP contribution is -2.28. The van der Waals surface area contributed by atoms with Crippen molar-refractivity contribution in [3.63, 3.8) is 0 Å². The van der Waals surface area contributed by atoms with Crippen molar-refractivity contribution in [1.82, 2.24) is 20.3 Å². The summed E-state index contributed by atoms with van der Waals surface area (Å²) < 4.78 is 0. The quantitative estimate of drug-likeness (QED) is 0.800. The number of piperidine rings is 1. The number of pyridine rings is 1. The van der Waals surface area contributed by atoms with Crippen LogP contribution >= 0.6 is 0 Å². The second-order valence-electron chi connectivity index (χ2n) is 4.46. The van der Waals surface area contributed by atoms with Gasteiger partial charge in [-0.15, -0.1) is 0 Å². The zero-order valence-corrected chi connectivity index (χ0v) is 9.24. The zero-order valence-electron chi connectivity index (χ0n) is 9.24. The van der Waals surface area contributed by atoms with E-state index < -0.39 is 0 Å². The number of aromatic amines is 1. The Balaban J connectivity index is 1.78. The average Bonchev–Trinajstić information content (AvgIpc) is 2.72. The number of hydrogen-bond acceptors (Lipinski definition) is 3. The number of aromatic nitrogens is 3.